The maximum Gasteiger partial charge on any atom is 0.303 e. The van der Waals surface area contributed by atoms with E-state index in [0.29, 0.717) is 0 Å². The zero-order valence-corrected chi connectivity index (χ0v) is 10.7. The van der Waals surface area contributed by atoms with Crippen LogP contribution in [0.4, 0.5) is 0 Å². The lowest BCUT2D eigenvalue weighted by Crippen LogP contribution is -2.02. The minimum atomic E-state index is -0.740. The second-order valence-corrected chi connectivity index (χ2v) is 3.41. The first-order valence-corrected chi connectivity index (χ1v) is 5.73. The largest absolute Gasteiger partial charge is 0.481 e. The third-order valence-electron chi connectivity index (χ3n) is 2.03. The number of hydrogen-bond acceptors (Lipinski definition) is 6. The number of hydrazine groups is 2. The summed E-state index contributed by atoms with van der Waals surface area (Å²) in [6, 6.07) is 0. The number of aliphatic carboxylic acids is 2. The molecule has 0 amide bonds. The zero-order chi connectivity index (χ0) is 14.8. The Labute approximate surface area is 107 Å². The zero-order valence-electron chi connectivity index (χ0n) is 10.7. The second kappa shape index (κ2) is 21.1. The van der Waals surface area contributed by atoms with Gasteiger partial charge in [0.1, 0.15) is 0 Å². The van der Waals surface area contributed by atoms with E-state index in [2.05, 4.69) is 23.4 Å². The van der Waals surface area contributed by atoms with Crippen LogP contribution in [-0.2, 0) is 9.59 Å². The summed E-state index contributed by atoms with van der Waals surface area (Å²) in [5, 5.41) is 16.7. The van der Waals surface area contributed by atoms with Crippen LogP contribution in [-0.4, -0.2) is 22.2 Å². The van der Waals surface area contributed by atoms with Crippen LogP contribution in [0.1, 0.15) is 51.4 Å². The Morgan fingerprint density at radius 2 is 0.833 bits per heavy atom. The van der Waals surface area contributed by atoms with Crippen molar-refractivity contribution >= 4 is 11.9 Å². The van der Waals surface area contributed by atoms with Gasteiger partial charge in [-0.1, -0.05) is 25.7 Å². The summed E-state index contributed by atoms with van der Waals surface area (Å²) in [7, 11) is 0. The Morgan fingerprint density at radius 1 is 0.611 bits per heavy atom. The number of carboxylic acid groups (broad SMARTS) is 2. The van der Waals surface area contributed by atoms with Crippen LogP contribution in [0.5, 0.6) is 0 Å². The average Bonchev–Trinajstić information content (AvgIpc) is 2.37. The van der Waals surface area contributed by atoms with Crippen LogP contribution in [0.25, 0.3) is 0 Å². The van der Waals surface area contributed by atoms with Crippen molar-refractivity contribution < 1.29 is 19.8 Å². The van der Waals surface area contributed by atoms with Gasteiger partial charge in [0.15, 0.2) is 0 Å². The van der Waals surface area contributed by atoms with E-state index >= 15 is 0 Å². The number of carboxylic acids is 2. The highest BCUT2D eigenvalue weighted by molar-refractivity contribution is 5.66. The summed E-state index contributed by atoms with van der Waals surface area (Å²) < 4.78 is 0. The molecule has 110 valence electrons. The van der Waals surface area contributed by atoms with Gasteiger partial charge >= 0.3 is 11.9 Å². The van der Waals surface area contributed by atoms with Crippen LogP contribution in [0, 0.1) is 0 Å². The highest BCUT2D eigenvalue weighted by atomic mass is 16.4. The van der Waals surface area contributed by atoms with E-state index in [1.54, 1.807) is 0 Å². The summed E-state index contributed by atoms with van der Waals surface area (Å²) in [5.41, 5.74) is 0. The minimum absolute atomic E-state index is 0.245. The Balaban J connectivity index is -0.000000506. The molecule has 0 atom stereocenters. The molecular formula is C10H26N4O4. The number of nitrogens with two attached hydrogens (primary N) is 4. The van der Waals surface area contributed by atoms with Gasteiger partial charge in [0, 0.05) is 12.8 Å². The van der Waals surface area contributed by atoms with Gasteiger partial charge in [-0.25, -0.2) is 0 Å². The van der Waals surface area contributed by atoms with Crippen molar-refractivity contribution in [1.82, 2.24) is 0 Å². The van der Waals surface area contributed by atoms with E-state index in [0.717, 1.165) is 38.5 Å². The summed E-state index contributed by atoms with van der Waals surface area (Å²) in [5.74, 6) is 14.5. The lowest BCUT2D eigenvalue weighted by atomic mass is 10.1. The Kier molecular flexibility index (Phi) is 25.8. The predicted molar refractivity (Wildman–Crippen MR) is 69.0 cm³/mol. The molecule has 8 nitrogen and oxygen atoms in total. The molecular weight excluding hydrogens is 240 g/mol. The molecule has 8 heteroatoms. The van der Waals surface area contributed by atoms with Gasteiger partial charge in [-0.2, -0.15) is 0 Å². The standard InChI is InChI=1S/C10H18O4.2H4N2/c11-9(12)7-5-3-1-2-4-6-8-10(13)14;2*1-2/h1-8H2,(H,11,12)(H,13,14);2*1-2H2. The second-order valence-electron chi connectivity index (χ2n) is 3.41. The molecule has 0 unspecified atom stereocenters. The summed E-state index contributed by atoms with van der Waals surface area (Å²) in [6.45, 7) is 0. The smallest absolute Gasteiger partial charge is 0.303 e. The van der Waals surface area contributed by atoms with Crippen molar-refractivity contribution in [1.29, 1.82) is 0 Å². The Hall–Kier alpha value is -1.22. The molecule has 0 fully saturated rings. The molecule has 10 N–H and O–H groups in total. The SMILES string of the molecule is NN.NN.O=C(O)CCCCCCCCC(=O)O. The van der Waals surface area contributed by atoms with Crippen LogP contribution in [0.2, 0.25) is 0 Å². The van der Waals surface area contributed by atoms with E-state index in [4.69, 9.17) is 10.2 Å². The third kappa shape index (κ3) is 29.3. The van der Waals surface area contributed by atoms with Crippen molar-refractivity contribution in [2.24, 2.45) is 23.4 Å². The molecule has 0 saturated heterocycles. The Bertz CT molecular complexity index is 171. The monoisotopic (exact) mass is 266 g/mol. The highest BCUT2D eigenvalue weighted by Gasteiger charge is 1.98. The van der Waals surface area contributed by atoms with E-state index < -0.39 is 11.9 Å². The van der Waals surface area contributed by atoms with Crippen molar-refractivity contribution in [2.45, 2.75) is 51.4 Å². The molecule has 0 aliphatic heterocycles. The summed E-state index contributed by atoms with van der Waals surface area (Å²) in [4.78, 5) is 20.3. The number of carbonyl (C=O) groups is 2. The lowest BCUT2D eigenvalue weighted by Gasteiger charge is -1.98. The fourth-order valence-corrected chi connectivity index (χ4v) is 1.26. The van der Waals surface area contributed by atoms with Crippen LogP contribution in [0.15, 0.2) is 0 Å². The Morgan fingerprint density at radius 3 is 1.06 bits per heavy atom. The van der Waals surface area contributed by atoms with Crippen molar-refractivity contribution in [3.05, 3.63) is 0 Å². The molecule has 0 aromatic rings. The molecule has 0 aliphatic carbocycles. The van der Waals surface area contributed by atoms with Gasteiger partial charge in [-0.15, -0.1) is 0 Å². The normalized spacial score (nSPS) is 8.44. The van der Waals surface area contributed by atoms with Gasteiger partial charge in [0.05, 0.1) is 0 Å². The van der Waals surface area contributed by atoms with Crippen molar-refractivity contribution in [3.63, 3.8) is 0 Å². The van der Waals surface area contributed by atoms with Crippen molar-refractivity contribution in [3.8, 4) is 0 Å². The molecule has 0 spiro atoms. The highest BCUT2D eigenvalue weighted by Crippen LogP contribution is 2.08. The fourth-order valence-electron chi connectivity index (χ4n) is 1.26. The van der Waals surface area contributed by atoms with E-state index in [1.807, 2.05) is 0 Å². The first-order valence-electron chi connectivity index (χ1n) is 5.73. The summed E-state index contributed by atoms with van der Waals surface area (Å²) in [6.07, 6.45) is 5.82. The quantitative estimate of drug-likeness (QED) is 0.190. The molecule has 0 heterocycles. The topological polar surface area (TPSA) is 179 Å². The maximum absolute atomic E-state index is 10.1. The molecule has 0 aliphatic rings. The molecule has 0 bridgehead atoms. The predicted octanol–water partition coefficient (Wildman–Crippen LogP) is -0.0860. The van der Waals surface area contributed by atoms with Gasteiger partial charge in [-0.05, 0) is 12.8 Å². The van der Waals surface area contributed by atoms with E-state index in [9.17, 15) is 9.59 Å². The number of hydrogen-bond donors (Lipinski definition) is 6. The average molecular weight is 266 g/mol. The lowest BCUT2D eigenvalue weighted by molar-refractivity contribution is -0.138. The third-order valence-corrected chi connectivity index (χ3v) is 2.03. The molecule has 0 radical (unpaired) electrons. The number of unbranched alkanes of at least 4 members (excludes halogenated alkanes) is 5. The van der Waals surface area contributed by atoms with Gasteiger partial charge in [0.2, 0.25) is 0 Å². The first-order chi connectivity index (χ1) is 8.63. The molecule has 0 rings (SSSR count). The first kappa shape index (κ1) is 22.0. The van der Waals surface area contributed by atoms with Gasteiger partial charge < -0.3 is 10.2 Å². The fraction of sp³-hybridized carbons (Fsp3) is 0.800. The van der Waals surface area contributed by atoms with Gasteiger partial charge in [0.25, 0.3) is 0 Å². The van der Waals surface area contributed by atoms with Crippen LogP contribution < -0.4 is 23.4 Å². The number of rotatable bonds is 9. The maximum atomic E-state index is 10.1. The minimum Gasteiger partial charge on any atom is -0.481 e. The van der Waals surface area contributed by atoms with Gasteiger partial charge in [-0.3, -0.25) is 33.0 Å². The molecule has 0 aromatic carbocycles. The van der Waals surface area contributed by atoms with Crippen molar-refractivity contribution in [2.75, 3.05) is 0 Å². The van der Waals surface area contributed by atoms with Crippen LogP contribution >= 0.6 is 0 Å². The van der Waals surface area contributed by atoms with E-state index in [1.165, 1.54) is 0 Å². The van der Waals surface area contributed by atoms with Crippen LogP contribution in [0.3, 0.4) is 0 Å². The van der Waals surface area contributed by atoms with E-state index in [-0.39, 0.29) is 12.8 Å². The molecule has 18 heavy (non-hydrogen) atoms. The molecule has 0 aromatic heterocycles. The molecule has 0 saturated carbocycles. The summed E-state index contributed by atoms with van der Waals surface area (Å²) >= 11 is 0.